The van der Waals surface area contributed by atoms with Crippen LogP contribution < -0.4 is 5.32 Å². The molecule has 5 heteroatoms. The molecule has 4 nitrogen and oxygen atoms in total. The van der Waals surface area contributed by atoms with E-state index in [4.69, 9.17) is 10.4 Å². The van der Waals surface area contributed by atoms with E-state index in [0.29, 0.717) is 11.3 Å². The molecule has 2 N–H and O–H groups in total. The minimum atomic E-state index is -1.05. The number of rotatable bonds is 4. The standard InChI is InChI=1S/C11H9BrN2O2/c1-7(11(15)16)6-14-10-3-2-9(12)4-8(10)5-13/h2-4,14H,1,6H2,(H,15,16). The van der Waals surface area contributed by atoms with Crippen molar-refractivity contribution >= 4 is 27.6 Å². The Labute approximate surface area is 101 Å². The molecule has 1 aromatic rings. The number of nitriles is 1. The molecule has 0 saturated heterocycles. The smallest absolute Gasteiger partial charge is 0.332 e. The summed E-state index contributed by atoms with van der Waals surface area (Å²) in [5.74, 6) is -1.05. The van der Waals surface area contributed by atoms with Crippen LogP contribution in [0.2, 0.25) is 0 Å². The normalized spacial score (nSPS) is 9.25. The molecule has 0 atom stereocenters. The Bertz CT molecular complexity index is 477. The van der Waals surface area contributed by atoms with Gasteiger partial charge in [0, 0.05) is 16.6 Å². The predicted octanol–water partition coefficient (Wildman–Crippen LogP) is 2.37. The van der Waals surface area contributed by atoms with Crippen molar-refractivity contribution in [3.8, 4) is 6.07 Å². The summed E-state index contributed by atoms with van der Waals surface area (Å²) >= 11 is 3.25. The number of benzene rings is 1. The Hall–Kier alpha value is -1.80. The van der Waals surface area contributed by atoms with Crippen LogP contribution in [-0.4, -0.2) is 17.6 Å². The van der Waals surface area contributed by atoms with Crippen molar-refractivity contribution in [3.05, 3.63) is 40.4 Å². The monoisotopic (exact) mass is 280 g/mol. The Morgan fingerprint density at radius 1 is 1.62 bits per heavy atom. The minimum absolute atomic E-state index is 0.0480. The quantitative estimate of drug-likeness (QED) is 0.831. The molecule has 0 radical (unpaired) electrons. The fourth-order valence-corrected chi connectivity index (χ4v) is 1.40. The molecule has 82 valence electrons. The van der Waals surface area contributed by atoms with E-state index in [-0.39, 0.29) is 12.1 Å². The lowest BCUT2D eigenvalue weighted by atomic mass is 10.2. The van der Waals surface area contributed by atoms with Crippen molar-refractivity contribution in [2.24, 2.45) is 0 Å². The van der Waals surface area contributed by atoms with Crippen LogP contribution in [0.3, 0.4) is 0 Å². The summed E-state index contributed by atoms with van der Waals surface area (Å²) in [4.78, 5) is 10.5. The number of anilines is 1. The third-order valence-corrected chi connectivity index (χ3v) is 2.39. The van der Waals surface area contributed by atoms with Gasteiger partial charge in [0.15, 0.2) is 0 Å². The Morgan fingerprint density at radius 3 is 2.88 bits per heavy atom. The van der Waals surface area contributed by atoms with Gasteiger partial charge in [-0.1, -0.05) is 22.5 Å². The first-order valence-corrected chi connectivity index (χ1v) is 5.18. The van der Waals surface area contributed by atoms with E-state index < -0.39 is 5.97 Å². The molecule has 0 amide bonds. The summed E-state index contributed by atoms with van der Waals surface area (Å²) in [6, 6.07) is 7.16. The third-order valence-electron chi connectivity index (χ3n) is 1.90. The van der Waals surface area contributed by atoms with Crippen LogP contribution in [0.1, 0.15) is 5.56 Å². The van der Waals surface area contributed by atoms with E-state index in [2.05, 4.69) is 27.8 Å². The molecule has 0 unspecified atom stereocenters. The summed E-state index contributed by atoms with van der Waals surface area (Å²) in [5, 5.41) is 20.3. The molecule has 0 spiro atoms. The maximum Gasteiger partial charge on any atom is 0.332 e. The molecule has 0 aliphatic carbocycles. The van der Waals surface area contributed by atoms with E-state index in [1.807, 2.05) is 6.07 Å². The van der Waals surface area contributed by atoms with Gasteiger partial charge in [-0.15, -0.1) is 0 Å². The number of carboxylic acids is 1. The second-order valence-electron chi connectivity index (χ2n) is 3.06. The minimum Gasteiger partial charge on any atom is -0.478 e. The maximum atomic E-state index is 10.5. The molecular weight excluding hydrogens is 272 g/mol. The lowest BCUT2D eigenvalue weighted by Crippen LogP contribution is -2.11. The van der Waals surface area contributed by atoms with Crippen LogP contribution in [0.5, 0.6) is 0 Å². The summed E-state index contributed by atoms with van der Waals surface area (Å²) in [6.45, 7) is 3.49. The van der Waals surface area contributed by atoms with Gasteiger partial charge in [-0.25, -0.2) is 4.79 Å². The number of hydrogen-bond acceptors (Lipinski definition) is 3. The van der Waals surface area contributed by atoms with Crippen LogP contribution in [-0.2, 0) is 4.79 Å². The highest BCUT2D eigenvalue weighted by Gasteiger charge is 2.06. The summed E-state index contributed by atoms with van der Waals surface area (Å²) in [5.41, 5.74) is 1.09. The highest BCUT2D eigenvalue weighted by atomic mass is 79.9. The number of carbonyl (C=O) groups is 1. The molecule has 0 heterocycles. The Kier molecular flexibility index (Phi) is 4.09. The van der Waals surface area contributed by atoms with Crippen LogP contribution >= 0.6 is 15.9 Å². The number of nitrogens with zero attached hydrogens (tertiary/aromatic N) is 1. The van der Waals surface area contributed by atoms with Crippen molar-refractivity contribution in [3.63, 3.8) is 0 Å². The number of aliphatic carboxylic acids is 1. The first-order valence-electron chi connectivity index (χ1n) is 4.39. The second kappa shape index (κ2) is 5.33. The van der Waals surface area contributed by atoms with E-state index in [1.165, 1.54) is 0 Å². The van der Waals surface area contributed by atoms with Crippen molar-refractivity contribution < 1.29 is 9.90 Å². The van der Waals surface area contributed by atoms with Crippen LogP contribution in [0.15, 0.2) is 34.8 Å². The van der Waals surface area contributed by atoms with Gasteiger partial charge in [0.1, 0.15) is 6.07 Å². The van der Waals surface area contributed by atoms with E-state index in [1.54, 1.807) is 18.2 Å². The first-order chi connectivity index (χ1) is 7.54. The second-order valence-corrected chi connectivity index (χ2v) is 3.98. The summed E-state index contributed by atoms with van der Waals surface area (Å²) < 4.78 is 0.798. The Balaban J connectivity index is 2.79. The zero-order valence-electron chi connectivity index (χ0n) is 8.33. The zero-order chi connectivity index (χ0) is 12.1. The highest BCUT2D eigenvalue weighted by Crippen LogP contribution is 2.20. The van der Waals surface area contributed by atoms with E-state index in [9.17, 15) is 4.79 Å². The molecular formula is C11H9BrN2O2. The van der Waals surface area contributed by atoms with Gasteiger partial charge in [-0.05, 0) is 18.2 Å². The van der Waals surface area contributed by atoms with E-state index in [0.717, 1.165) is 4.47 Å². The fourth-order valence-electron chi connectivity index (χ4n) is 1.04. The summed E-state index contributed by atoms with van der Waals surface area (Å²) in [6.07, 6.45) is 0. The van der Waals surface area contributed by atoms with Crippen LogP contribution in [0.4, 0.5) is 5.69 Å². The molecule has 0 bridgehead atoms. The average Bonchev–Trinajstić information content (AvgIpc) is 2.26. The molecule has 0 aliphatic rings. The Morgan fingerprint density at radius 2 is 2.31 bits per heavy atom. The van der Waals surface area contributed by atoms with Gasteiger partial charge in [0.2, 0.25) is 0 Å². The lowest BCUT2D eigenvalue weighted by molar-refractivity contribution is -0.132. The number of hydrogen-bond donors (Lipinski definition) is 2. The van der Waals surface area contributed by atoms with Crippen molar-refractivity contribution in [2.45, 2.75) is 0 Å². The van der Waals surface area contributed by atoms with Gasteiger partial charge in [-0.2, -0.15) is 5.26 Å². The van der Waals surface area contributed by atoms with Gasteiger partial charge >= 0.3 is 5.97 Å². The van der Waals surface area contributed by atoms with Crippen molar-refractivity contribution in [2.75, 3.05) is 11.9 Å². The SMILES string of the molecule is C=C(CNc1ccc(Br)cc1C#N)C(=O)O. The van der Waals surface area contributed by atoms with Gasteiger partial charge in [0.25, 0.3) is 0 Å². The van der Waals surface area contributed by atoms with Gasteiger partial charge in [0.05, 0.1) is 11.3 Å². The first kappa shape index (κ1) is 12.3. The molecule has 0 fully saturated rings. The third kappa shape index (κ3) is 3.11. The largest absolute Gasteiger partial charge is 0.478 e. The van der Waals surface area contributed by atoms with Crippen LogP contribution in [0, 0.1) is 11.3 Å². The van der Waals surface area contributed by atoms with Crippen molar-refractivity contribution in [1.29, 1.82) is 5.26 Å². The molecule has 0 aromatic heterocycles. The molecule has 0 aliphatic heterocycles. The molecule has 1 aromatic carbocycles. The molecule has 1 rings (SSSR count). The lowest BCUT2D eigenvalue weighted by Gasteiger charge is -2.08. The maximum absolute atomic E-state index is 10.5. The predicted molar refractivity (Wildman–Crippen MR) is 64.1 cm³/mol. The molecule has 0 saturated carbocycles. The molecule has 16 heavy (non-hydrogen) atoms. The van der Waals surface area contributed by atoms with Gasteiger partial charge in [-0.3, -0.25) is 0 Å². The summed E-state index contributed by atoms with van der Waals surface area (Å²) in [7, 11) is 0. The number of halogens is 1. The highest BCUT2D eigenvalue weighted by molar-refractivity contribution is 9.10. The van der Waals surface area contributed by atoms with Crippen molar-refractivity contribution in [1.82, 2.24) is 0 Å². The van der Waals surface area contributed by atoms with Crippen LogP contribution in [0.25, 0.3) is 0 Å². The fraction of sp³-hybridized carbons (Fsp3) is 0.0909. The topological polar surface area (TPSA) is 73.1 Å². The number of carboxylic acid groups (broad SMARTS) is 1. The zero-order valence-corrected chi connectivity index (χ0v) is 9.91. The number of nitrogens with one attached hydrogen (secondary N) is 1. The average molecular weight is 281 g/mol. The van der Waals surface area contributed by atoms with E-state index >= 15 is 0 Å². The van der Waals surface area contributed by atoms with Gasteiger partial charge < -0.3 is 10.4 Å².